The lowest BCUT2D eigenvalue weighted by molar-refractivity contribution is -0.139. The van der Waals surface area contributed by atoms with Crippen molar-refractivity contribution >= 4 is 17.8 Å². The largest absolute Gasteiger partial charge is 0.481 e. The molecule has 2 rings (SSSR count). The summed E-state index contributed by atoms with van der Waals surface area (Å²) < 4.78 is 11.0. The van der Waals surface area contributed by atoms with Crippen LogP contribution in [0.2, 0.25) is 0 Å². The van der Waals surface area contributed by atoms with Crippen molar-refractivity contribution in [3.05, 3.63) is 0 Å². The number of carbonyl (C=O) groups is 3. The minimum atomic E-state index is -0.919. The van der Waals surface area contributed by atoms with Crippen LogP contribution >= 0.6 is 0 Å². The first-order chi connectivity index (χ1) is 16.2. The molecule has 2 fully saturated rings. The summed E-state index contributed by atoms with van der Waals surface area (Å²) >= 11 is 0. The molecule has 0 aromatic rings. The van der Waals surface area contributed by atoms with Crippen LogP contribution in [0.25, 0.3) is 0 Å². The van der Waals surface area contributed by atoms with Crippen molar-refractivity contribution in [3.8, 4) is 0 Å². The summed E-state index contributed by atoms with van der Waals surface area (Å²) in [5.41, 5.74) is 0. The fraction of sp³-hybridized carbons (Fsp3) is 0.885. The van der Waals surface area contributed by atoms with Crippen molar-refractivity contribution < 1.29 is 29.0 Å². The molecule has 0 heterocycles. The van der Waals surface area contributed by atoms with Crippen LogP contribution in [0.4, 0.5) is 0 Å². The van der Waals surface area contributed by atoms with Crippen molar-refractivity contribution in [3.63, 3.8) is 0 Å². The molecule has 8 nitrogen and oxygen atoms in total. The van der Waals surface area contributed by atoms with Gasteiger partial charge in [-0.3, -0.25) is 14.4 Å². The molecule has 4 atom stereocenters. The summed E-state index contributed by atoms with van der Waals surface area (Å²) in [7, 11) is 3.43. The number of methoxy groups -OCH3 is 2. The molecule has 34 heavy (non-hydrogen) atoms. The van der Waals surface area contributed by atoms with E-state index in [0.717, 1.165) is 51.4 Å². The second-order valence-electron chi connectivity index (χ2n) is 10.6. The Labute approximate surface area is 204 Å². The van der Waals surface area contributed by atoms with E-state index >= 15 is 0 Å². The molecule has 0 saturated heterocycles. The van der Waals surface area contributed by atoms with Gasteiger partial charge in [0, 0.05) is 45.1 Å². The Morgan fingerprint density at radius 3 is 2.21 bits per heavy atom. The molecule has 0 spiro atoms. The van der Waals surface area contributed by atoms with E-state index in [0.29, 0.717) is 18.9 Å². The monoisotopic (exact) mass is 482 g/mol. The fourth-order valence-electron chi connectivity index (χ4n) is 5.66. The molecule has 2 saturated carbocycles. The maximum absolute atomic E-state index is 13.2. The van der Waals surface area contributed by atoms with E-state index in [-0.39, 0.29) is 48.7 Å². The molecule has 2 amide bonds. The SMILES string of the molecule is COC1CCC([C@H](CC(=O)O)NC(=O)C(CC(=O)NCC2CCCCC2OC)CC(C)C)CC1. The average Bonchev–Trinajstić information content (AvgIpc) is 2.81. The van der Waals surface area contributed by atoms with Crippen LogP contribution in [-0.4, -0.2) is 61.9 Å². The van der Waals surface area contributed by atoms with Gasteiger partial charge in [0.1, 0.15) is 0 Å². The highest BCUT2D eigenvalue weighted by atomic mass is 16.5. The van der Waals surface area contributed by atoms with Gasteiger partial charge >= 0.3 is 5.97 Å². The van der Waals surface area contributed by atoms with E-state index in [2.05, 4.69) is 10.6 Å². The van der Waals surface area contributed by atoms with E-state index < -0.39 is 17.9 Å². The van der Waals surface area contributed by atoms with E-state index in [9.17, 15) is 19.5 Å². The predicted octanol–water partition coefficient (Wildman–Crippen LogP) is 3.52. The zero-order valence-electron chi connectivity index (χ0n) is 21.5. The Balaban J connectivity index is 1.96. The Kier molecular flexibility index (Phi) is 12.3. The third-order valence-electron chi connectivity index (χ3n) is 7.61. The van der Waals surface area contributed by atoms with E-state index in [4.69, 9.17) is 9.47 Å². The number of ether oxygens (including phenoxy) is 2. The van der Waals surface area contributed by atoms with Crippen molar-refractivity contribution in [2.24, 2.45) is 23.7 Å². The third kappa shape index (κ3) is 9.53. The molecule has 2 aliphatic rings. The first-order valence-corrected chi connectivity index (χ1v) is 13.1. The topological polar surface area (TPSA) is 114 Å². The highest BCUT2D eigenvalue weighted by Crippen LogP contribution is 2.30. The third-order valence-corrected chi connectivity index (χ3v) is 7.61. The molecule has 3 N–H and O–H groups in total. The first-order valence-electron chi connectivity index (χ1n) is 13.1. The highest BCUT2D eigenvalue weighted by Gasteiger charge is 2.33. The highest BCUT2D eigenvalue weighted by molar-refractivity contribution is 5.86. The van der Waals surface area contributed by atoms with Crippen LogP contribution in [0.3, 0.4) is 0 Å². The number of rotatable bonds is 13. The number of carboxylic acid groups (broad SMARTS) is 1. The van der Waals surface area contributed by atoms with Crippen LogP contribution in [0, 0.1) is 23.7 Å². The van der Waals surface area contributed by atoms with Gasteiger partial charge in [0.15, 0.2) is 0 Å². The van der Waals surface area contributed by atoms with Gasteiger partial charge in [0.2, 0.25) is 11.8 Å². The molecule has 3 unspecified atom stereocenters. The Morgan fingerprint density at radius 2 is 1.62 bits per heavy atom. The maximum Gasteiger partial charge on any atom is 0.305 e. The summed E-state index contributed by atoms with van der Waals surface area (Å²) in [6, 6.07) is -0.426. The Morgan fingerprint density at radius 1 is 0.941 bits per heavy atom. The molecular weight excluding hydrogens is 436 g/mol. The van der Waals surface area contributed by atoms with Crippen molar-refractivity contribution in [2.75, 3.05) is 20.8 Å². The summed E-state index contributed by atoms with van der Waals surface area (Å²) in [4.78, 5) is 37.5. The van der Waals surface area contributed by atoms with Crippen LogP contribution in [0.15, 0.2) is 0 Å². The van der Waals surface area contributed by atoms with Gasteiger partial charge in [-0.25, -0.2) is 0 Å². The minimum Gasteiger partial charge on any atom is -0.481 e. The second kappa shape index (κ2) is 14.7. The number of amides is 2. The van der Waals surface area contributed by atoms with Gasteiger partial charge in [-0.2, -0.15) is 0 Å². The summed E-state index contributed by atoms with van der Waals surface area (Å²) in [6.45, 7) is 4.63. The van der Waals surface area contributed by atoms with E-state index in [1.54, 1.807) is 14.2 Å². The van der Waals surface area contributed by atoms with Gasteiger partial charge < -0.3 is 25.2 Å². The molecule has 196 valence electrons. The van der Waals surface area contributed by atoms with Crippen LogP contribution in [0.5, 0.6) is 0 Å². The lowest BCUT2D eigenvalue weighted by Gasteiger charge is -2.34. The summed E-state index contributed by atoms with van der Waals surface area (Å²) in [6.07, 6.45) is 8.74. The van der Waals surface area contributed by atoms with Gasteiger partial charge in [-0.1, -0.05) is 26.7 Å². The van der Waals surface area contributed by atoms with Crippen molar-refractivity contribution in [1.82, 2.24) is 10.6 Å². The molecule has 0 aliphatic heterocycles. The first kappa shape index (κ1) is 28.6. The van der Waals surface area contributed by atoms with E-state index in [1.807, 2.05) is 13.8 Å². The minimum absolute atomic E-state index is 0.102. The normalized spacial score (nSPS) is 27.1. The zero-order valence-corrected chi connectivity index (χ0v) is 21.5. The smallest absolute Gasteiger partial charge is 0.305 e. The zero-order chi connectivity index (χ0) is 25.1. The number of carboxylic acids is 1. The number of carbonyl (C=O) groups excluding carboxylic acids is 2. The number of nitrogens with one attached hydrogen (secondary N) is 2. The van der Waals surface area contributed by atoms with Crippen molar-refractivity contribution in [2.45, 2.75) is 103 Å². The predicted molar refractivity (Wildman–Crippen MR) is 130 cm³/mol. The number of hydrogen-bond acceptors (Lipinski definition) is 5. The lowest BCUT2D eigenvalue weighted by atomic mass is 9.81. The maximum atomic E-state index is 13.2. The van der Waals surface area contributed by atoms with Gasteiger partial charge in [0.05, 0.1) is 18.6 Å². The van der Waals surface area contributed by atoms with Gasteiger partial charge in [-0.05, 0) is 56.8 Å². The van der Waals surface area contributed by atoms with Crippen molar-refractivity contribution in [1.29, 1.82) is 0 Å². The molecule has 0 aromatic heterocycles. The van der Waals surface area contributed by atoms with Crippen LogP contribution in [0.1, 0.15) is 84.5 Å². The molecule has 0 aromatic carbocycles. The lowest BCUT2D eigenvalue weighted by Crippen LogP contribution is -2.47. The molecule has 8 heteroatoms. The standard InChI is InChI=1S/C26H46N2O6/c1-17(2)13-20(14-24(29)27-16-19-7-5-6-8-23(19)34-4)26(32)28-22(15-25(30)31)18-9-11-21(33-3)12-10-18/h17-23H,5-16H2,1-4H3,(H,27,29)(H,28,32)(H,30,31)/t18?,19?,20?,21?,22-,23?/m0/s1. The van der Waals surface area contributed by atoms with Crippen LogP contribution < -0.4 is 10.6 Å². The fourth-order valence-corrected chi connectivity index (χ4v) is 5.66. The van der Waals surface area contributed by atoms with E-state index in [1.165, 1.54) is 0 Å². The second-order valence-corrected chi connectivity index (χ2v) is 10.6. The molecular formula is C26H46N2O6. The molecule has 0 radical (unpaired) electrons. The molecule has 2 aliphatic carbocycles. The van der Waals surface area contributed by atoms with Crippen LogP contribution in [-0.2, 0) is 23.9 Å². The number of hydrogen-bond donors (Lipinski definition) is 3. The number of aliphatic carboxylic acids is 1. The van der Waals surface area contributed by atoms with Gasteiger partial charge in [0.25, 0.3) is 0 Å². The Bertz CT molecular complexity index is 647. The average molecular weight is 483 g/mol. The Hall–Kier alpha value is -1.67. The summed E-state index contributed by atoms with van der Waals surface area (Å²) in [5, 5.41) is 15.5. The van der Waals surface area contributed by atoms with Gasteiger partial charge in [-0.15, -0.1) is 0 Å². The molecule has 0 bridgehead atoms. The summed E-state index contributed by atoms with van der Waals surface area (Å²) in [5.74, 6) is -1.07. The quantitative estimate of drug-likeness (QED) is 0.370.